The number of nitrogens with zero attached hydrogens (tertiary/aromatic N) is 1. The third-order valence-electron chi connectivity index (χ3n) is 3.14. The highest BCUT2D eigenvalue weighted by Crippen LogP contribution is 2.33. The first-order valence-electron chi connectivity index (χ1n) is 6.25. The molecule has 0 aromatic heterocycles. The number of benzene rings is 2. The van der Waals surface area contributed by atoms with E-state index in [9.17, 15) is 18.5 Å². The topological polar surface area (TPSA) is 89.3 Å². The first-order valence-corrected chi connectivity index (χ1v) is 8.11. The Kier molecular flexibility index (Phi) is 4.39. The number of rotatable bonds is 4. The average Bonchev–Trinajstić information content (AvgIpc) is 2.44. The fourth-order valence-electron chi connectivity index (χ4n) is 1.84. The van der Waals surface area contributed by atoms with Crippen LogP contribution in [-0.2, 0) is 10.0 Å². The summed E-state index contributed by atoms with van der Waals surface area (Å²) in [7, 11) is -3.78. The van der Waals surface area contributed by atoms with Crippen molar-refractivity contribution in [3.63, 3.8) is 0 Å². The van der Waals surface area contributed by atoms with E-state index in [2.05, 4.69) is 4.72 Å². The Hall–Kier alpha value is -2.12. The Bertz CT molecular complexity index is 833. The molecule has 8 heteroatoms. The van der Waals surface area contributed by atoms with Crippen LogP contribution in [0.2, 0.25) is 5.02 Å². The van der Waals surface area contributed by atoms with E-state index in [1.54, 1.807) is 12.1 Å². The monoisotopic (exact) mass is 340 g/mol. The van der Waals surface area contributed by atoms with E-state index in [4.69, 9.17) is 11.6 Å². The van der Waals surface area contributed by atoms with E-state index in [-0.39, 0.29) is 21.3 Å². The summed E-state index contributed by atoms with van der Waals surface area (Å²) >= 11 is 5.91. The van der Waals surface area contributed by atoms with Crippen molar-refractivity contribution in [1.82, 2.24) is 0 Å². The molecule has 0 heterocycles. The maximum Gasteiger partial charge on any atom is 0.288 e. The molecule has 0 saturated carbocycles. The number of nitro groups is 1. The second-order valence-corrected chi connectivity index (χ2v) is 6.81. The second kappa shape index (κ2) is 5.94. The Labute approximate surface area is 132 Å². The smallest absolute Gasteiger partial charge is 0.279 e. The van der Waals surface area contributed by atoms with Crippen molar-refractivity contribution in [2.24, 2.45) is 0 Å². The van der Waals surface area contributed by atoms with Crippen molar-refractivity contribution in [3.05, 3.63) is 62.7 Å². The third kappa shape index (κ3) is 3.20. The van der Waals surface area contributed by atoms with Crippen LogP contribution in [0, 0.1) is 24.0 Å². The van der Waals surface area contributed by atoms with Crippen LogP contribution in [0.4, 0.5) is 11.4 Å². The molecule has 0 radical (unpaired) electrons. The van der Waals surface area contributed by atoms with Crippen LogP contribution < -0.4 is 4.72 Å². The van der Waals surface area contributed by atoms with E-state index in [1.165, 1.54) is 31.2 Å². The first-order chi connectivity index (χ1) is 10.2. The van der Waals surface area contributed by atoms with Gasteiger partial charge in [-0.1, -0.05) is 29.3 Å². The number of aryl methyl sites for hydroxylation is 1. The lowest BCUT2D eigenvalue weighted by Crippen LogP contribution is -2.14. The first kappa shape index (κ1) is 16.3. The lowest BCUT2D eigenvalue weighted by Gasteiger charge is -2.11. The van der Waals surface area contributed by atoms with E-state index in [0.717, 1.165) is 5.56 Å². The van der Waals surface area contributed by atoms with Gasteiger partial charge in [0.25, 0.3) is 15.7 Å². The standard InChI is InChI=1S/C14H13ClN2O4S/c1-9-3-5-11(6-4-9)22(20,21)16-12-7-8-13(17(18)19)14(15)10(12)2/h3-8,16H,1-2H3. The largest absolute Gasteiger partial charge is 0.288 e. The highest BCUT2D eigenvalue weighted by atomic mass is 35.5. The van der Waals surface area contributed by atoms with Crippen LogP contribution in [0.3, 0.4) is 0 Å². The molecule has 0 fully saturated rings. The minimum absolute atomic E-state index is 0.0888. The van der Waals surface area contributed by atoms with Crippen LogP contribution in [0.25, 0.3) is 0 Å². The Balaban J connectivity index is 2.40. The number of hydrogen-bond donors (Lipinski definition) is 1. The predicted molar refractivity (Wildman–Crippen MR) is 84.8 cm³/mol. The van der Waals surface area contributed by atoms with Crippen LogP contribution in [0.15, 0.2) is 41.3 Å². The molecule has 22 heavy (non-hydrogen) atoms. The van der Waals surface area contributed by atoms with Gasteiger partial charge in [0.2, 0.25) is 0 Å². The van der Waals surface area contributed by atoms with Gasteiger partial charge >= 0.3 is 0 Å². The van der Waals surface area contributed by atoms with Crippen LogP contribution >= 0.6 is 11.6 Å². The van der Waals surface area contributed by atoms with E-state index in [1.807, 2.05) is 6.92 Å². The van der Waals surface area contributed by atoms with Crippen LogP contribution in [-0.4, -0.2) is 13.3 Å². The zero-order valence-corrected chi connectivity index (χ0v) is 13.4. The van der Waals surface area contributed by atoms with Gasteiger partial charge in [-0.3, -0.25) is 14.8 Å². The van der Waals surface area contributed by atoms with Gasteiger partial charge in [0.15, 0.2) is 0 Å². The number of halogens is 1. The Morgan fingerprint density at radius 3 is 2.23 bits per heavy atom. The number of hydrogen-bond acceptors (Lipinski definition) is 4. The minimum atomic E-state index is -3.78. The summed E-state index contributed by atoms with van der Waals surface area (Å²) in [4.78, 5) is 10.3. The second-order valence-electron chi connectivity index (χ2n) is 4.75. The molecule has 2 aromatic carbocycles. The molecule has 6 nitrogen and oxygen atoms in total. The van der Waals surface area contributed by atoms with E-state index in [0.29, 0.717) is 5.56 Å². The maximum atomic E-state index is 12.3. The van der Waals surface area contributed by atoms with Crippen molar-refractivity contribution in [1.29, 1.82) is 0 Å². The van der Waals surface area contributed by atoms with Gasteiger partial charge in [-0.15, -0.1) is 0 Å². The van der Waals surface area contributed by atoms with Gasteiger partial charge < -0.3 is 0 Å². The van der Waals surface area contributed by atoms with Gasteiger partial charge in [-0.2, -0.15) is 0 Å². The molecule has 0 aliphatic heterocycles. The van der Waals surface area contributed by atoms with E-state index < -0.39 is 14.9 Å². The predicted octanol–water partition coefficient (Wildman–Crippen LogP) is 3.67. The molecule has 0 amide bonds. The molecule has 1 N–H and O–H groups in total. The minimum Gasteiger partial charge on any atom is -0.279 e. The average molecular weight is 341 g/mol. The van der Waals surface area contributed by atoms with Gasteiger partial charge in [-0.05, 0) is 37.6 Å². The molecule has 2 rings (SSSR count). The molecule has 0 saturated heterocycles. The van der Waals surface area contributed by atoms with Crippen molar-refractivity contribution >= 4 is 33.0 Å². The summed E-state index contributed by atoms with van der Waals surface area (Å²) < 4.78 is 27.0. The van der Waals surface area contributed by atoms with Crippen molar-refractivity contribution in [3.8, 4) is 0 Å². The fourth-order valence-corrected chi connectivity index (χ4v) is 3.20. The quantitative estimate of drug-likeness (QED) is 0.679. The summed E-state index contributed by atoms with van der Waals surface area (Å²) in [6, 6.07) is 8.84. The number of anilines is 1. The summed E-state index contributed by atoms with van der Waals surface area (Å²) in [6.45, 7) is 3.37. The number of nitro benzene ring substituents is 1. The van der Waals surface area contributed by atoms with Gasteiger partial charge in [-0.25, -0.2) is 8.42 Å². The van der Waals surface area contributed by atoms with Gasteiger partial charge in [0.1, 0.15) is 5.02 Å². The number of nitrogens with one attached hydrogen (secondary N) is 1. The summed E-state index contributed by atoms with van der Waals surface area (Å²) in [5, 5.41) is 10.7. The van der Waals surface area contributed by atoms with Gasteiger partial charge in [0, 0.05) is 6.07 Å². The normalized spacial score (nSPS) is 11.2. The molecule has 0 aliphatic rings. The van der Waals surface area contributed by atoms with Crippen molar-refractivity contribution < 1.29 is 13.3 Å². The molecule has 0 spiro atoms. The molecule has 116 valence electrons. The SMILES string of the molecule is Cc1ccc(S(=O)(=O)Nc2ccc([N+](=O)[O-])c(Cl)c2C)cc1. The summed E-state index contributed by atoms with van der Waals surface area (Å²) in [5.74, 6) is 0. The molecular formula is C14H13ClN2O4S. The molecule has 0 unspecified atom stereocenters. The molecule has 0 atom stereocenters. The summed E-state index contributed by atoms with van der Waals surface area (Å²) in [5.41, 5.74) is 1.17. The van der Waals surface area contributed by atoms with Crippen molar-refractivity contribution in [2.45, 2.75) is 18.7 Å². The van der Waals surface area contributed by atoms with E-state index >= 15 is 0 Å². The highest BCUT2D eigenvalue weighted by Gasteiger charge is 2.20. The lowest BCUT2D eigenvalue weighted by molar-refractivity contribution is -0.384. The Morgan fingerprint density at radius 1 is 1.09 bits per heavy atom. The highest BCUT2D eigenvalue weighted by molar-refractivity contribution is 7.92. The fraction of sp³-hybridized carbons (Fsp3) is 0.143. The molecular weight excluding hydrogens is 328 g/mol. The molecule has 2 aromatic rings. The maximum absolute atomic E-state index is 12.3. The zero-order chi connectivity index (χ0) is 16.5. The number of sulfonamides is 1. The van der Waals surface area contributed by atoms with Crippen molar-refractivity contribution in [2.75, 3.05) is 4.72 Å². The van der Waals surface area contributed by atoms with Crippen LogP contribution in [0.5, 0.6) is 0 Å². The summed E-state index contributed by atoms with van der Waals surface area (Å²) in [6.07, 6.45) is 0. The third-order valence-corrected chi connectivity index (χ3v) is 5.00. The molecule has 0 aliphatic carbocycles. The zero-order valence-electron chi connectivity index (χ0n) is 11.8. The lowest BCUT2D eigenvalue weighted by atomic mass is 10.2. The molecule has 0 bridgehead atoms. The van der Waals surface area contributed by atoms with Crippen LogP contribution in [0.1, 0.15) is 11.1 Å². The van der Waals surface area contributed by atoms with Gasteiger partial charge in [0.05, 0.1) is 15.5 Å². The Morgan fingerprint density at radius 2 is 1.68 bits per heavy atom.